The zero-order chi connectivity index (χ0) is 28.7. The molecule has 1 atom stereocenters. The Kier molecular flexibility index (Phi) is 6.84. The molecule has 0 bridgehead atoms. The Morgan fingerprint density at radius 3 is 2.15 bits per heavy atom. The van der Waals surface area contributed by atoms with Crippen molar-refractivity contribution in [3.05, 3.63) is 167 Å². The van der Waals surface area contributed by atoms with Crippen LogP contribution in [0.15, 0.2) is 150 Å². The number of nitrogens with zero attached hydrogens (tertiary/aromatic N) is 1. The molecule has 1 unspecified atom stereocenters. The third-order valence-electron chi connectivity index (χ3n) is 8.53. The van der Waals surface area contributed by atoms with E-state index in [2.05, 4.69) is 113 Å². The number of aliphatic imine (C=N–C) groups is 1. The number of hydrogen-bond acceptors (Lipinski definition) is 2. The van der Waals surface area contributed by atoms with Gasteiger partial charge in [-0.15, -0.1) is 11.3 Å². The van der Waals surface area contributed by atoms with E-state index in [1.807, 2.05) is 41.7 Å². The first kappa shape index (κ1) is 26.7. The van der Waals surface area contributed by atoms with Gasteiger partial charge in [-0.2, -0.15) is 0 Å². The van der Waals surface area contributed by atoms with Crippen molar-refractivity contribution < 1.29 is 0 Å². The highest BCUT2D eigenvalue weighted by Crippen LogP contribution is 2.65. The molecule has 2 N–H and O–H groups in total. The Labute approximate surface area is 247 Å². The highest BCUT2D eigenvalue weighted by Gasteiger charge is 2.53. The van der Waals surface area contributed by atoms with E-state index in [1.54, 1.807) is 0 Å². The zero-order valence-electron chi connectivity index (χ0n) is 23.8. The lowest BCUT2D eigenvalue weighted by Crippen LogP contribution is -2.28. The van der Waals surface area contributed by atoms with Crippen LogP contribution in [0.25, 0.3) is 20.5 Å². The molecule has 2 nitrogen and oxygen atoms in total. The summed E-state index contributed by atoms with van der Waals surface area (Å²) in [6, 6.07) is 25.6. The average Bonchev–Trinajstić information content (AvgIpc) is 3.58. The maximum atomic E-state index is 6.91. The zero-order valence-corrected chi connectivity index (χ0v) is 24.6. The van der Waals surface area contributed by atoms with Gasteiger partial charge in [0, 0.05) is 20.7 Å². The molecule has 0 saturated carbocycles. The smallest absolute Gasteiger partial charge is 0.126 e. The van der Waals surface area contributed by atoms with Gasteiger partial charge in [0.25, 0.3) is 0 Å². The number of rotatable bonds is 7. The van der Waals surface area contributed by atoms with Crippen LogP contribution >= 0.6 is 11.3 Å². The summed E-state index contributed by atoms with van der Waals surface area (Å²) in [6.07, 6.45) is 12.3. The minimum atomic E-state index is -0.487. The first-order valence-corrected chi connectivity index (χ1v) is 14.8. The highest BCUT2D eigenvalue weighted by atomic mass is 32.1. The summed E-state index contributed by atoms with van der Waals surface area (Å²) in [7, 11) is 0. The van der Waals surface area contributed by atoms with E-state index in [-0.39, 0.29) is 6.04 Å². The van der Waals surface area contributed by atoms with Gasteiger partial charge in [0.05, 0.1) is 11.5 Å². The molecule has 6 rings (SSSR count). The van der Waals surface area contributed by atoms with Crippen molar-refractivity contribution in [3.63, 3.8) is 0 Å². The molecule has 1 spiro atoms. The highest BCUT2D eigenvalue weighted by molar-refractivity contribution is 7.22. The van der Waals surface area contributed by atoms with Crippen molar-refractivity contribution in [1.29, 1.82) is 0 Å². The molecule has 0 saturated heterocycles. The normalized spacial score (nSPS) is 16.8. The number of thiophene rings is 1. The van der Waals surface area contributed by atoms with Gasteiger partial charge < -0.3 is 5.73 Å². The average molecular weight is 551 g/mol. The Bertz CT molecular complexity index is 1820. The fourth-order valence-electron chi connectivity index (χ4n) is 6.64. The van der Waals surface area contributed by atoms with Crippen LogP contribution < -0.4 is 5.73 Å². The Hall–Kier alpha value is -4.47. The second-order valence-electron chi connectivity index (χ2n) is 10.6. The molecule has 4 aromatic rings. The fraction of sp³-hybridized carbons (Fsp3) is 0.132. The van der Waals surface area contributed by atoms with E-state index in [4.69, 9.17) is 10.7 Å². The summed E-state index contributed by atoms with van der Waals surface area (Å²) in [4.78, 5) is 6.29. The number of amidine groups is 1. The molecule has 0 radical (unpaired) electrons. The second kappa shape index (κ2) is 10.5. The summed E-state index contributed by atoms with van der Waals surface area (Å²) in [5.74, 6) is 0.560. The minimum absolute atomic E-state index is 0.0581. The predicted molar refractivity (Wildman–Crippen MR) is 178 cm³/mol. The van der Waals surface area contributed by atoms with Crippen LogP contribution in [-0.2, 0) is 5.41 Å². The molecule has 3 heteroatoms. The van der Waals surface area contributed by atoms with Gasteiger partial charge >= 0.3 is 0 Å². The molecule has 2 aliphatic rings. The molecular weight excluding hydrogens is 516 g/mol. The van der Waals surface area contributed by atoms with Crippen molar-refractivity contribution in [3.8, 4) is 10.4 Å². The SMILES string of the molecule is C=C/C=C\C1=C(C)C(C)=C(/C=C\C=C)C12c1cccc(C(N)=NC(C)c3ccccc3)c1-c1sc3ccccc3c12. The van der Waals surface area contributed by atoms with Crippen LogP contribution in [0.1, 0.15) is 49.1 Å². The fourth-order valence-corrected chi connectivity index (χ4v) is 7.97. The van der Waals surface area contributed by atoms with Gasteiger partial charge in [0.1, 0.15) is 5.84 Å². The number of allylic oxidation sites excluding steroid dienone is 10. The van der Waals surface area contributed by atoms with Crippen molar-refractivity contribution in [2.75, 3.05) is 0 Å². The van der Waals surface area contributed by atoms with Gasteiger partial charge in [-0.1, -0.05) is 116 Å². The van der Waals surface area contributed by atoms with E-state index in [0.717, 1.165) is 11.1 Å². The monoisotopic (exact) mass is 550 g/mol. The summed E-state index contributed by atoms with van der Waals surface area (Å²) in [5, 5.41) is 1.28. The molecule has 0 amide bonds. The van der Waals surface area contributed by atoms with Crippen molar-refractivity contribution >= 4 is 27.3 Å². The molecular formula is C38H34N2S. The maximum Gasteiger partial charge on any atom is 0.126 e. The van der Waals surface area contributed by atoms with E-state index >= 15 is 0 Å². The van der Waals surface area contributed by atoms with Gasteiger partial charge in [-0.05, 0) is 71.2 Å². The molecule has 0 aliphatic heterocycles. The third kappa shape index (κ3) is 3.95. The summed E-state index contributed by atoms with van der Waals surface area (Å²) < 4.78 is 1.27. The lowest BCUT2D eigenvalue weighted by Gasteiger charge is -2.33. The van der Waals surface area contributed by atoms with Crippen LogP contribution in [0.3, 0.4) is 0 Å². The van der Waals surface area contributed by atoms with Crippen molar-refractivity contribution in [2.24, 2.45) is 10.7 Å². The van der Waals surface area contributed by atoms with Crippen molar-refractivity contribution in [2.45, 2.75) is 32.2 Å². The van der Waals surface area contributed by atoms with Crippen LogP contribution in [0.4, 0.5) is 0 Å². The molecule has 2 aliphatic carbocycles. The topological polar surface area (TPSA) is 38.4 Å². The van der Waals surface area contributed by atoms with E-state index in [9.17, 15) is 0 Å². The largest absolute Gasteiger partial charge is 0.383 e. The second-order valence-corrected chi connectivity index (χ2v) is 11.7. The summed E-state index contributed by atoms with van der Waals surface area (Å²) in [5.41, 5.74) is 17.4. The molecule has 202 valence electrons. The van der Waals surface area contributed by atoms with E-state index in [0.29, 0.717) is 5.84 Å². The first-order valence-electron chi connectivity index (χ1n) is 14.0. The standard InChI is InChI=1S/C38H34N2S/c1-6-8-20-30-24(3)25(4)31(21-9-7-2)38(30)32-22-15-19-29(37(39)40-26(5)27-16-11-10-12-17-27)34(32)36-35(38)28-18-13-14-23-33(28)41-36/h6-23,26H,1-2H2,3-5H3,(H2,39,40)/b20-8-,21-9-. The Morgan fingerprint density at radius 2 is 1.49 bits per heavy atom. The quantitative estimate of drug-likeness (QED) is 0.139. The molecule has 1 aromatic heterocycles. The van der Waals surface area contributed by atoms with E-state index < -0.39 is 5.41 Å². The van der Waals surface area contributed by atoms with Crippen LogP contribution in [0.2, 0.25) is 0 Å². The number of hydrogen-bond donors (Lipinski definition) is 1. The van der Waals surface area contributed by atoms with Gasteiger partial charge in [-0.25, -0.2) is 0 Å². The Morgan fingerprint density at radius 1 is 0.854 bits per heavy atom. The Balaban J connectivity index is 1.71. The van der Waals surface area contributed by atoms with Gasteiger partial charge in [-0.3, -0.25) is 4.99 Å². The third-order valence-corrected chi connectivity index (χ3v) is 9.72. The number of benzene rings is 3. The summed E-state index contributed by atoms with van der Waals surface area (Å²) >= 11 is 1.85. The van der Waals surface area contributed by atoms with Crippen molar-refractivity contribution in [1.82, 2.24) is 0 Å². The maximum absolute atomic E-state index is 6.91. The lowest BCUT2D eigenvalue weighted by molar-refractivity contribution is 0.785. The van der Waals surface area contributed by atoms with Crippen LogP contribution in [0, 0.1) is 0 Å². The lowest BCUT2D eigenvalue weighted by atomic mass is 9.68. The molecule has 41 heavy (non-hydrogen) atoms. The van der Waals surface area contributed by atoms with Gasteiger partial charge in [0.15, 0.2) is 0 Å². The molecule has 1 heterocycles. The predicted octanol–water partition coefficient (Wildman–Crippen LogP) is 9.77. The number of fused-ring (bicyclic) bond motifs is 7. The van der Waals surface area contributed by atoms with Gasteiger partial charge in [0.2, 0.25) is 0 Å². The minimum Gasteiger partial charge on any atom is -0.383 e. The molecule has 3 aromatic carbocycles. The summed E-state index contributed by atoms with van der Waals surface area (Å²) in [6.45, 7) is 14.6. The molecule has 0 fully saturated rings. The van der Waals surface area contributed by atoms with Crippen LogP contribution in [-0.4, -0.2) is 5.84 Å². The first-order chi connectivity index (χ1) is 19.9. The number of nitrogens with two attached hydrogens (primary N) is 1. The van der Waals surface area contributed by atoms with E-state index in [1.165, 1.54) is 53.9 Å². The van der Waals surface area contributed by atoms with Crippen LogP contribution in [0.5, 0.6) is 0 Å².